The maximum absolute atomic E-state index is 12.3. The first-order valence-electron chi connectivity index (χ1n) is 8.05. The lowest BCUT2D eigenvalue weighted by Gasteiger charge is -2.10. The van der Waals surface area contributed by atoms with Crippen LogP contribution >= 0.6 is 11.3 Å². The quantitative estimate of drug-likeness (QED) is 0.627. The van der Waals surface area contributed by atoms with E-state index < -0.39 is 18.3 Å². The lowest BCUT2D eigenvalue weighted by Crippen LogP contribution is -2.24. The van der Waals surface area contributed by atoms with E-state index in [-0.39, 0.29) is 24.1 Å². The van der Waals surface area contributed by atoms with Crippen LogP contribution in [0.25, 0.3) is 0 Å². The fraction of sp³-hybridized carbons (Fsp3) is 0.353. The largest absolute Gasteiger partial charge is 0.394 e. The molecule has 2 amide bonds. The number of benzene rings is 1. The number of aliphatic hydroxyl groups excluding tert-OH is 2. The van der Waals surface area contributed by atoms with Gasteiger partial charge in [0.05, 0.1) is 12.7 Å². The van der Waals surface area contributed by atoms with Crippen molar-refractivity contribution in [2.75, 3.05) is 17.2 Å². The molecule has 3 atom stereocenters. The zero-order valence-electron chi connectivity index (χ0n) is 14.0. The van der Waals surface area contributed by atoms with Crippen molar-refractivity contribution in [3.8, 4) is 0 Å². The minimum Gasteiger partial charge on any atom is -0.394 e. The second-order valence-electron chi connectivity index (χ2n) is 5.93. The van der Waals surface area contributed by atoms with Gasteiger partial charge in [0.2, 0.25) is 5.91 Å². The average Bonchev–Trinajstić information content (AvgIpc) is 3.22. The molecule has 138 valence electrons. The summed E-state index contributed by atoms with van der Waals surface area (Å²) in [4.78, 5) is 27.6. The summed E-state index contributed by atoms with van der Waals surface area (Å²) in [7, 11) is 0. The number of ether oxygens (including phenoxy) is 1. The molecule has 1 aromatic heterocycles. The van der Waals surface area contributed by atoms with Crippen LogP contribution in [0, 0.1) is 0 Å². The maximum atomic E-state index is 12.3. The molecule has 0 radical (unpaired) electrons. The molecule has 8 nitrogen and oxygen atoms in total. The molecule has 0 unspecified atom stereocenters. The minimum atomic E-state index is -0.742. The van der Waals surface area contributed by atoms with Crippen LogP contribution in [0.4, 0.5) is 11.4 Å². The first-order valence-corrected chi connectivity index (χ1v) is 8.93. The van der Waals surface area contributed by atoms with E-state index in [9.17, 15) is 14.7 Å². The first kappa shape index (κ1) is 18.5. The van der Waals surface area contributed by atoms with Gasteiger partial charge in [-0.3, -0.25) is 9.59 Å². The Morgan fingerprint density at radius 2 is 1.92 bits per heavy atom. The second kappa shape index (κ2) is 7.92. The number of carbonyl (C=O) groups is 2. The van der Waals surface area contributed by atoms with Gasteiger partial charge < -0.3 is 25.6 Å². The summed E-state index contributed by atoms with van der Waals surface area (Å²) in [6.07, 6.45) is -1.45. The van der Waals surface area contributed by atoms with E-state index in [1.807, 2.05) is 0 Å². The summed E-state index contributed by atoms with van der Waals surface area (Å²) in [6, 6.07) is 6.73. The summed E-state index contributed by atoms with van der Waals surface area (Å²) in [6.45, 7) is 1.16. The van der Waals surface area contributed by atoms with Gasteiger partial charge in [0, 0.05) is 30.1 Å². The molecule has 1 aliphatic rings. The van der Waals surface area contributed by atoms with Crippen molar-refractivity contribution >= 4 is 34.5 Å². The van der Waals surface area contributed by atoms with Crippen molar-refractivity contribution in [2.45, 2.75) is 31.7 Å². The number of carbonyl (C=O) groups excluding carboxylic acids is 2. The Labute approximate surface area is 153 Å². The number of aliphatic hydroxyl groups is 2. The van der Waals surface area contributed by atoms with Crippen molar-refractivity contribution in [2.24, 2.45) is 0 Å². The van der Waals surface area contributed by atoms with Gasteiger partial charge >= 0.3 is 0 Å². The third kappa shape index (κ3) is 4.25. The molecule has 2 aromatic rings. The van der Waals surface area contributed by atoms with E-state index in [0.29, 0.717) is 22.8 Å². The molecule has 1 aliphatic heterocycles. The second-order valence-corrected chi connectivity index (χ2v) is 6.82. The molecule has 2 heterocycles. The highest BCUT2D eigenvalue weighted by atomic mass is 32.1. The molecule has 0 aliphatic carbocycles. The van der Waals surface area contributed by atoms with Gasteiger partial charge in [0.15, 0.2) is 0 Å². The number of nitrogens with zero attached hydrogens (tertiary/aromatic N) is 1. The SMILES string of the molecule is CC(=O)Nc1ccc(NC(=O)c2csc([C@H]3C[C@H](O)[C@@H](CO)O3)n2)cc1. The number of aromatic nitrogens is 1. The maximum Gasteiger partial charge on any atom is 0.275 e. The van der Waals surface area contributed by atoms with Crippen molar-refractivity contribution in [3.63, 3.8) is 0 Å². The lowest BCUT2D eigenvalue weighted by molar-refractivity contribution is -0.114. The predicted molar refractivity (Wildman–Crippen MR) is 96.1 cm³/mol. The molecular weight excluding hydrogens is 358 g/mol. The summed E-state index contributed by atoms with van der Waals surface area (Å²) in [5.74, 6) is -0.531. The summed E-state index contributed by atoms with van der Waals surface area (Å²) in [5, 5.41) is 26.5. The summed E-state index contributed by atoms with van der Waals surface area (Å²) < 4.78 is 5.55. The van der Waals surface area contributed by atoms with Gasteiger partial charge in [0.1, 0.15) is 22.9 Å². The predicted octanol–water partition coefficient (Wildman–Crippen LogP) is 1.54. The van der Waals surface area contributed by atoms with E-state index in [1.165, 1.54) is 18.3 Å². The van der Waals surface area contributed by atoms with Crippen LogP contribution in [0.15, 0.2) is 29.6 Å². The van der Waals surface area contributed by atoms with Crippen LogP contribution < -0.4 is 10.6 Å². The van der Waals surface area contributed by atoms with Gasteiger partial charge in [-0.25, -0.2) is 4.98 Å². The van der Waals surface area contributed by atoms with Crippen LogP contribution in [-0.4, -0.2) is 45.8 Å². The van der Waals surface area contributed by atoms with Crippen molar-refractivity contribution in [3.05, 3.63) is 40.3 Å². The minimum absolute atomic E-state index is 0.167. The summed E-state index contributed by atoms with van der Waals surface area (Å²) >= 11 is 1.27. The standard InChI is InChI=1S/C17H19N3O5S/c1-9(22)18-10-2-4-11(5-3-10)19-16(24)12-8-26-17(20-12)14-6-13(23)15(7-21)25-14/h2-5,8,13-15,21,23H,6-7H2,1H3,(H,18,22)(H,19,24)/t13-,14+,15+/m0/s1. The van der Waals surface area contributed by atoms with E-state index >= 15 is 0 Å². The fourth-order valence-electron chi connectivity index (χ4n) is 2.63. The molecule has 0 spiro atoms. The Bertz CT molecular complexity index is 792. The van der Waals surface area contributed by atoms with Crippen LogP contribution in [0.1, 0.15) is 34.9 Å². The Kier molecular flexibility index (Phi) is 5.62. The zero-order chi connectivity index (χ0) is 18.7. The number of rotatable bonds is 5. The highest BCUT2D eigenvalue weighted by Gasteiger charge is 2.36. The van der Waals surface area contributed by atoms with Crippen LogP contribution in [0.3, 0.4) is 0 Å². The average molecular weight is 377 g/mol. The van der Waals surface area contributed by atoms with Gasteiger partial charge in [-0.1, -0.05) is 0 Å². The zero-order valence-corrected chi connectivity index (χ0v) is 14.8. The molecule has 26 heavy (non-hydrogen) atoms. The Balaban J connectivity index is 1.62. The van der Waals surface area contributed by atoms with Gasteiger partial charge in [-0.15, -0.1) is 11.3 Å². The normalized spacial score (nSPS) is 22.2. The molecule has 9 heteroatoms. The highest BCUT2D eigenvalue weighted by molar-refractivity contribution is 7.09. The Morgan fingerprint density at radius 1 is 1.27 bits per heavy atom. The molecule has 4 N–H and O–H groups in total. The highest BCUT2D eigenvalue weighted by Crippen LogP contribution is 2.34. The topological polar surface area (TPSA) is 121 Å². The van der Waals surface area contributed by atoms with Crippen molar-refractivity contribution < 1.29 is 24.5 Å². The summed E-state index contributed by atoms with van der Waals surface area (Å²) in [5.41, 5.74) is 1.47. The van der Waals surface area contributed by atoms with Crippen LogP contribution in [0.2, 0.25) is 0 Å². The van der Waals surface area contributed by atoms with Crippen molar-refractivity contribution in [1.29, 1.82) is 0 Å². The van der Waals surface area contributed by atoms with Crippen molar-refractivity contribution in [1.82, 2.24) is 4.98 Å². The van der Waals surface area contributed by atoms with Crippen LogP contribution in [0.5, 0.6) is 0 Å². The van der Waals surface area contributed by atoms with E-state index in [0.717, 1.165) is 0 Å². The van der Waals surface area contributed by atoms with E-state index in [1.54, 1.807) is 29.6 Å². The number of hydrogen-bond acceptors (Lipinski definition) is 7. The monoisotopic (exact) mass is 377 g/mol. The molecule has 1 aromatic carbocycles. The van der Waals surface area contributed by atoms with E-state index in [2.05, 4.69) is 15.6 Å². The smallest absolute Gasteiger partial charge is 0.275 e. The number of thiazole rings is 1. The van der Waals surface area contributed by atoms with Crippen LogP contribution in [-0.2, 0) is 9.53 Å². The lowest BCUT2D eigenvalue weighted by atomic mass is 10.1. The molecule has 0 saturated carbocycles. The number of hydrogen-bond donors (Lipinski definition) is 4. The molecule has 0 bridgehead atoms. The fourth-order valence-corrected chi connectivity index (χ4v) is 3.47. The third-order valence-electron chi connectivity index (χ3n) is 3.90. The van der Waals surface area contributed by atoms with Gasteiger partial charge in [0.25, 0.3) is 5.91 Å². The number of nitrogens with one attached hydrogen (secondary N) is 2. The molecular formula is C17H19N3O5S. The third-order valence-corrected chi connectivity index (χ3v) is 4.83. The molecule has 1 fully saturated rings. The Morgan fingerprint density at radius 3 is 2.50 bits per heavy atom. The van der Waals surface area contributed by atoms with Gasteiger partial charge in [-0.05, 0) is 24.3 Å². The van der Waals surface area contributed by atoms with Gasteiger partial charge in [-0.2, -0.15) is 0 Å². The molecule has 1 saturated heterocycles. The first-order chi connectivity index (χ1) is 12.5. The number of amides is 2. The number of anilines is 2. The Hall–Kier alpha value is -2.33. The van der Waals surface area contributed by atoms with E-state index in [4.69, 9.17) is 9.84 Å². The molecule has 3 rings (SSSR count).